The highest BCUT2D eigenvalue weighted by Gasteiger charge is 2.19. The molecule has 1 fully saturated rings. The minimum Gasteiger partial charge on any atom is -0.314 e. The summed E-state index contributed by atoms with van der Waals surface area (Å²) in [7, 11) is 0. The van der Waals surface area contributed by atoms with E-state index in [0.29, 0.717) is 0 Å². The number of hydrogen-bond acceptors (Lipinski definition) is 4. The fourth-order valence-corrected chi connectivity index (χ4v) is 2.89. The molecular weight excluding hydrogens is 254 g/mol. The van der Waals surface area contributed by atoms with E-state index in [1.807, 2.05) is 0 Å². The first-order valence-electron chi connectivity index (χ1n) is 6.90. The molecule has 3 rings (SSSR count). The van der Waals surface area contributed by atoms with Crippen LogP contribution in [-0.2, 0) is 12.8 Å². The molecule has 1 N–H and O–H groups in total. The Morgan fingerprint density at radius 1 is 1.16 bits per heavy atom. The summed E-state index contributed by atoms with van der Waals surface area (Å²) >= 11 is 1.74. The van der Waals surface area contributed by atoms with Crippen molar-refractivity contribution < 1.29 is 0 Å². The summed E-state index contributed by atoms with van der Waals surface area (Å²) in [5, 5.41) is 14.3. The van der Waals surface area contributed by atoms with Gasteiger partial charge in [-0.1, -0.05) is 29.8 Å². The highest BCUT2D eigenvalue weighted by Crippen LogP contribution is 2.19. The molecule has 1 aliphatic carbocycles. The molecule has 0 atom stereocenters. The minimum absolute atomic E-state index is 0.778. The van der Waals surface area contributed by atoms with Gasteiger partial charge >= 0.3 is 0 Å². The van der Waals surface area contributed by atoms with Gasteiger partial charge in [-0.05, 0) is 25.3 Å². The van der Waals surface area contributed by atoms with Gasteiger partial charge in [-0.15, -0.1) is 21.5 Å². The van der Waals surface area contributed by atoms with E-state index >= 15 is 0 Å². The quantitative estimate of drug-likeness (QED) is 0.879. The number of aromatic nitrogens is 2. The van der Waals surface area contributed by atoms with Crippen molar-refractivity contribution in [2.45, 2.75) is 38.6 Å². The Bertz CT molecular complexity index is 529. The molecule has 4 heteroatoms. The zero-order valence-electron chi connectivity index (χ0n) is 11.2. The van der Waals surface area contributed by atoms with E-state index in [-0.39, 0.29) is 0 Å². The van der Waals surface area contributed by atoms with Crippen LogP contribution in [-0.4, -0.2) is 22.8 Å². The molecule has 0 bridgehead atoms. The van der Waals surface area contributed by atoms with E-state index in [2.05, 4.69) is 46.7 Å². The van der Waals surface area contributed by atoms with Gasteiger partial charge in [0.2, 0.25) is 0 Å². The molecule has 1 aliphatic rings. The van der Waals surface area contributed by atoms with Gasteiger partial charge in [-0.3, -0.25) is 0 Å². The van der Waals surface area contributed by atoms with E-state index in [9.17, 15) is 0 Å². The molecule has 0 unspecified atom stereocenters. The lowest BCUT2D eigenvalue weighted by Gasteiger charge is -1.98. The van der Waals surface area contributed by atoms with Gasteiger partial charge in [0.15, 0.2) is 0 Å². The third-order valence-electron chi connectivity index (χ3n) is 3.33. The molecule has 1 heterocycles. The molecule has 100 valence electrons. The number of hydrogen-bond donors (Lipinski definition) is 1. The van der Waals surface area contributed by atoms with Crippen LogP contribution in [0.1, 0.15) is 34.0 Å². The second-order valence-corrected chi connectivity index (χ2v) is 6.38. The summed E-state index contributed by atoms with van der Waals surface area (Å²) in [6, 6.07) is 9.42. The van der Waals surface area contributed by atoms with E-state index in [1.54, 1.807) is 11.3 Å². The molecule has 0 aliphatic heterocycles. The Hall–Kier alpha value is -1.26. The monoisotopic (exact) mass is 273 g/mol. The van der Waals surface area contributed by atoms with E-state index in [0.717, 1.165) is 35.4 Å². The first-order valence-corrected chi connectivity index (χ1v) is 7.71. The van der Waals surface area contributed by atoms with Crippen LogP contribution in [0.25, 0.3) is 0 Å². The van der Waals surface area contributed by atoms with Crippen LogP contribution in [0.4, 0.5) is 0 Å². The molecular formula is C15H19N3S. The fourth-order valence-electron chi connectivity index (χ4n) is 2.01. The Balaban J connectivity index is 1.53. The lowest BCUT2D eigenvalue weighted by Crippen LogP contribution is -2.19. The topological polar surface area (TPSA) is 37.8 Å². The number of nitrogens with one attached hydrogen (secondary N) is 1. The summed E-state index contributed by atoms with van der Waals surface area (Å²) in [6.45, 7) is 3.14. The third kappa shape index (κ3) is 3.85. The van der Waals surface area contributed by atoms with Gasteiger partial charge in [-0.2, -0.15) is 0 Å². The molecule has 0 radical (unpaired) electrons. The van der Waals surface area contributed by atoms with Crippen molar-refractivity contribution in [1.82, 2.24) is 15.5 Å². The number of aryl methyl sites for hydroxylation is 1. The Labute approximate surface area is 118 Å². The zero-order chi connectivity index (χ0) is 13.1. The van der Waals surface area contributed by atoms with E-state index in [4.69, 9.17) is 0 Å². The molecule has 2 aromatic rings. The molecule has 19 heavy (non-hydrogen) atoms. The van der Waals surface area contributed by atoms with Crippen LogP contribution < -0.4 is 5.32 Å². The third-order valence-corrected chi connectivity index (χ3v) is 4.32. The summed E-state index contributed by atoms with van der Waals surface area (Å²) in [5.41, 5.74) is 2.61. The maximum atomic E-state index is 4.29. The largest absolute Gasteiger partial charge is 0.314 e. The Kier molecular flexibility index (Phi) is 3.89. The molecule has 1 saturated carbocycles. The van der Waals surface area contributed by atoms with Crippen molar-refractivity contribution in [3.05, 3.63) is 45.4 Å². The number of nitrogens with zero attached hydrogens (tertiary/aromatic N) is 2. The maximum Gasteiger partial charge on any atom is 0.121 e. The van der Waals surface area contributed by atoms with Gasteiger partial charge in [-0.25, -0.2) is 0 Å². The maximum absolute atomic E-state index is 4.29. The molecule has 0 spiro atoms. The van der Waals surface area contributed by atoms with Crippen LogP contribution in [0.15, 0.2) is 24.3 Å². The highest BCUT2D eigenvalue weighted by molar-refractivity contribution is 7.11. The molecule has 0 saturated heterocycles. The normalized spacial score (nSPS) is 14.8. The predicted molar refractivity (Wildman–Crippen MR) is 78.6 cm³/mol. The van der Waals surface area contributed by atoms with E-state index in [1.165, 1.54) is 24.0 Å². The average molecular weight is 273 g/mol. The second-order valence-electron chi connectivity index (χ2n) is 5.23. The highest BCUT2D eigenvalue weighted by atomic mass is 32.1. The lowest BCUT2D eigenvalue weighted by molar-refractivity contribution is 0.677. The van der Waals surface area contributed by atoms with Gasteiger partial charge < -0.3 is 5.32 Å². The van der Waals surface area contributed by atoms with Crippen molar-refractivity contribution >= 4 is 11.3 Å². The Morgan fingerprint density at radius 2 is 1.89 bits per heavy atom. The van der Waals surface area contributed by atoms with Gasteiger partial charge in [0.25, 0.3) is 0 Å². The van der Waals surface area contributed by atoms with Crippen molar-refractivity contribution in [2.24, 2.45) is 0 Å². The second kappa shape index (κ2) is 5.80. The van der Waals surface area contributed by atoms with Crippen molar-refractivity contribution in [2.75, 3.05) is 6.54 Å². The van der Waals surface area contributed by atoms with Crippen LogP contribution >= 0.6 is 11.3 Å². The predicted octanol–water partition coefficient (Wildman–Crippen LogP) is 2.73. The van der Waals surface area contributed by atoms with Crippen LogP contribution in [0, 0.1) is 6.92 Å². The lowest BCUT2D eigenvalue weighted by atomic mass is 10.1. The summed E-state index contributed by atoms with van der Waals surface area (Å²) in [5.74, 6) is 0. The van der Waals surface area contributed by atoms with Crippen LogP contribution in [0.2, 0.25) is 0 Å². The standard InChI is InChI=1S/C15H19N3S/c1-11-2-4-12(5-3-11)10-15-18-17-14(19-15)8-9-16-13-6-7-13/h2-5,13,16H,6-10H2,1H3. The van der Waals surface area contributed by atoms with E-state index < -0.39 is 0 Å². The van der Waals surface area contributed by atoms with Crippen LogP contribution in [0.5, 0.6) is 0 Å². The minimum atomic E-state index is 0.778. The summed E-state index contributed by atoms with van der Waals surface area (Å²) in [4.78, 5) is 0. The smallest absolute Gasteiger partial charge is 0.121 e. The summed E-state index contributed by atoms with van der Waals surface area (Å²) < 4.78 is 0. The number of rotatable bonds is 6. The average Bonchev–Trinajstić information content (AvgIpc) is 3.12. The van der Waals surface area contributed by atoms with Gasteiger partial charge in [0.1, 0.15) is 10.0 Å². The van der Waals surface area contributed by atoms with Crippen molar-refractivity contribution in [3.8, 4) is 0 Å². The summed E-state index contributed by atoms with van der Waals surface area (Å²) in [6.07, 6.45) is 4.58. The number of benzene rings is 1. The van der Waals surface area contributed by atoms with Crippen molar-refractivity contribution in [1.29, 1.82) is 0 Å². The Morgan fingerprint density at radius 3 is 2.63 bits per heavy atom. The molecule has 3 nitrogen and oxygen atoms in total. The van der Waals surface area contributed by atoms with Gasteiger partial charge in [0.05, 0.1) is 0 Å². The molecule has 0 amide bonds. The SMILES string of the molecule is Cc1ccc(Cc2nnc(CCNC3CC3)s2)cc1. The van der Waals surface area contributed by atoms with Crippen molar-refractivity contribution in [3.63, 3.8) is 0 Å². The first kappa shape index (κ1) is 12.8. The molecule has 1 aromatic carbocycles. The van der Waals surface area contributed by atoms with Gasteiger partial charge in [0, 0.05) is 25.4 Å². The molecule has 1 aromatic heterocycles. The van der Waals surface area contributed by atoms with Crippen LogP contribution in [0.3, 0.4) is 0 Å². The first-order chi connectivity index (χ1) is 9.29. The zero-order valence-corrected chi connectivity index (χ0v) is 12.0. The fraction of sp³-hybridized carbons (Fsp3) is 0.467.